The van der Waals surface area contributed by atoms with Gasteiger partial charge in [-0.25, -0.2) is 0 Å². The average molecular weight is 368 g/mol. The van der Waals surface area contributed by atoms with E-state index in [-0.39, 0.29) is 18.5 Å². The van der Waals surface area contributed by atoms with Crippen molar-refractivity contribution in [2.45, 2.75) is 29.5 Å². The van der Waals surface area contributed by atoms with Gasteiger partial charge in [-0.2, -0.15) is 8.78 Å². The van der Waals surface area contributed by atoms with Crippen LogP contribution in [-0.4, -0.2) is 29.7 Å². The van der Waals surface area contributed by atoms with E-state index in [9.17, 15) is 13.6 Å². The van der Waals surface area contributed by atoms with Gasteiger partial charge in [-0.15, -0.1) is 11.3 Å². The summed E-state index contributed by atoms with van der Waals surface area (Å²) in [4.78, 5) is 16.2. The molecule has 1 amide bonds. The van der Waals surface area contributed by atoms with E-state index < -0.39 is 5.76 Å². The lowest BCUT2D eigenvalue weighted by molar-refractivity contribution is -0.130. The first-order valence-corrected chi connectivity index (χ1v) is 9.51. The van der Waals surface area contributed by atoms with Crippen molar-refractivity contribution in [1.82, 2.24) is 4.90 Å². The maximum absolute atomic E-state index is 12.5. The van der Waals surface area contributed by atoms with Gasteiger partial charge in [0.2, 0.25) is 5.91 Å². The zero-order valence-electron chi connectivity index (χ0n) is 13.0. The topological polar surface area (TPSA) is 32.3 Å². The summed E-state index contributed by atoms with van der Waals surface area (Å²) in [6, 6.07) is 11.0. The summed E-state index contributed by atoms with van der Waals surface area (Å²) in [6.45, 7) is 0.996. The zero-order chi connectivity index (χ0) is 16.9. The van der Waals surface area contributed by atoms with E-state index >= 15 is 0 Å². The summed E-state index contributed by atoms with van der Waals surface area (Å²) in [7, 11) is 0. The molecule has 1 fully saturated rings. The van der Waals surface area contributed by atoms with Crippen molar-refractivity contribution in [3.8, 4) is 0 Å². The number of alkyl halides is 2. The molecular formula is C17H18F2N2OS2. The Kier molecular flexibility index (Phi) is 5.73. The standard InChI is InChI=1S/C17H18F2N2OS2/c18-17(19)24-13-7-5-12(6-8-13)20-11-16(22)21-9-1-3-14(21)15-4-2-10-23-15/h2,4-8,10,14,17,20H,1,3,9,11H2/t14-/m1/s1. The number of nitrogens with zero attached hydrogens (tertiary/aromatic N) is 1. The van der Waals surface area contributed by atoms with Crippen LogP contribution in [0.25, 0.3) is 0 Å². The Morgan fingerprint density at radius 3 is 2.79 bits per heavy atom. The number of nitrogens with one attached hydrogen (secondary N) is 1. The highest BCUT2D eigenvalue weighted by molar-refractivity contribution is 7.99. The largest absolute Gasteiger partial charge is 0.376 e. The number of benzene rings is 1. The number of rotatable bonds is 6. The second kappa shape index (κ2) is 7.98. The van der Waals surface area contributed by atoms with Crippen LogP contribution in [0.4, 0.5) is 14.5 Å². The van der Waals surface area contributed by atoms with Gasteiger partial charge in [0.05, 0.1) is 12.6 Å². The number of amides is 1. The summed E-state index contributed by atoms with van der Waals surface area (Å²) in [5.74, 6) is -2.35. The number of thiophene rings is 1. The van der Waals surface area contributed by atoms with E-state index in [0.29, 0.717) is 16.7 Å². The molecule has 128 valence electrons. The Morgan fingerprint density at radius 1 is 1.33 bits per heavy atom. The fourth-order valence-electron chi connectivity index (χ4n) is 2.88. The van der Waals surface area contributed by atoms with Crippen LogP contribution in [0, 0.1) is 0 Å². The second-order valence-electron chi connectivity index (χ2n) is 5.52. The summed E-state index contributed by atoms with van der Waals surface area (Å²) < 4.78 is 24.6. The Bertz CT molecular complexity index is 662. The minimum atomic E-state index is -2.42. The monoisotopic (exact) mass is 368 g/mol. The minimum absolute atomic E-state index is 0.0666. The van der Waals surface area contributed by atoms with Gasteiger partial charge in [-0.1, -0.05) is 17.8 Å². The van der Waals surface area contributed by atoms with E-state index in [4.69, 9.17) is 0 Å². The fraction of sp³-hybridized carbons (Fsp3) is 0.353. The molecule has 0 saturated carbocycles. The summed E-state index contributed by atoms with van der Waals surface area (Å²) >= 11 is 2.20. The van der Waals surface area contributed by atoms with Gasteiger partial charge >= 0.3 is 0 Å². The van der Waals surface area contributed by atoms with Gasteiger partial charge in [0.25, 0.3) is 5.76 Å². The van der Waals surface area contributed by atoms with Crippen molar-refractivity contribution < 1.29 is 13.6 Å². The summed E-state index contributed by atoms with van der Waals surface area (Å²) in [5.41, 5.74) is 0.758. The third kappa shape index (κ3) is 4.27. The van der Waals surface area contributed by atoms with Crippen LogP contribution in [0.1, 0.15) is 23.8 Å². The minimum Gasteiger partial charge on any atom is -0.376 e. The first-order chi connectivity index (χ1) is 11.6. The predicted octanol–water partition coefficient (Wildman–Crippen LogP) is 4.84. The Morgan fingerprint density at radius 2 is 2.12 bits per heavy atom. The van der Waals surface area contributed by atoms with Crippen molar-refractivity contribution in [2.24, 2.45) is 0 Å². The number of likely N-dealkylation sites (tertiary alicyclic amines) is 1. The smallest absolute Gasteiger partial charge is 0.288 e. The van der Waals surface area contributed by atoms with Crippen LogP contribution in [0.5, 0.6) is 0 Å². The molecule has 1 atom stereocenters. The zero-order valence-corrected chi connectivity index (χ0v) is 14.6. The molecule has 0 radical (unpaired) electrons. The highest BCUT2D eigenvalue weighted by Crippen LogP contribution is 2.34. The molecule has 3 rings (SSSR count). The predicted molar refractivity (Wildman–Crippen MR) is 94.8 cm³/mol. The molecule has 1 aromatic heterocycles. The Labute approximate surface area is 148 Å². The summed E-state index contributed by atoms with van der Waals surface area (Å²) in [5, 5.41) is 5.12. The highest BCUT2D eigenvalue weighted by atomic mass is 32.2. The van der Waals surface area contributed by atoms with Gasteiger partial charge in [-0.3, -0.25) is 4.79 Å². The molecule has 3 nitrogen and oxygen atoms in total. The van der Waals surface area contributed by atoms with Crippen molar-refractivity contribution >= 4 is 34.7 Å². The molecule has 0 unspecified atom stereocenters. The number of hydrogen-bond acceptors (Lipinski definition) is 4. The highest BCUT2D eigenvalue weighted by Gasteiger charge is 2.30. The van der Waals surface area contributed by atoms with E-state index in [2.05, 4.69) is 11.4 Å². The van der Waals surface area contributed by atoms with E-state index in [0.717, 1.165) is 25.1 Å². The van der Waals surface area contributed by atoms with Crippen LogP contribution < -0.4 is 5.32 Å². The average Bonchev–Trinajstić information content (AvgIpc) is 3.24. The van der Waals surface area contributed by atoms with Crippen LogP contribution in [0.3, 0.4) is 0 Å². The quantitative estimate of drug-likeness (QED) is 0.741. The number of halogens is 2. The molecule has 1 saturated heterocycles. The van der Waals surface area contributed by atoms with Gasteiger partial charge in [0.15, 0.2) is 0 Å². The van der Waals surface area contributed by atoms with Crippen molar-refractivity contribution in [3.63, 3.8) is 0 Å². The second-order valence-corrected chi connectivity index (χ2v) is 7.56. The SMILES string of the molecule is O=C(CNc1ccc(SC(F)F)cc1)N1CCC[C@@H]1c1cccs1. The molecule has 2 heterocycles. The Balaban J connectivity index is 1.55. The fourth-order valence-corrected chi connectivity index (χ4v) is 4.25. The normalized spacial score (nSPS) is 17.5. The lowest BCUT2D eigenvalue weighted by atomic mass is 10.2. The van der Waals surface area contributed by atoms with E-state index in [1.54, 1.807) is 35.6 Å². The maximum atomic E-state index is 12.5. The number of hydrogen-bond donors (Lipinski definition) is 1. The number of anilines is 1. The molecular weight excluding hydrogens is 350 g/mol. The molecule has 24 heavy (non-hydrogen) atoms. The molecule has 0 spiro atoms. The van der Waals surface area contributed by atoms with Gasteiger partial charge in [0.1, 0.15) is 0 Å². The van der Waals surface area contributed by atoms with Crippen LogP contribution in [0.2, 0.25) is 0 Å². The molecule has 1 aliphatic heterocycles. The molecule has 7 heteroatoms. The van der Waals surface area contributed by atoms with Crippen molar-refractivity contribution in [3.05, 3.63) is 46.7 Å². The molecule has 1 aromatic carbocycles. The first kappa shape index (κ1) is 17.2. The lowest BCUT2D eigenvalue weighted by Gasteiger charge is -2.24. The molecule has 2 aromatic rings. The van der Waals surface area contributed by atoms with Gasteiger partial charge in [0, 0.05) is 22.0 Å². The van der Waals surface area contributed by atoms with Crippen molar-refractivity contribution in [1.29, 1.82) is 0 Å². The molecule has 0 aliphatic carbocycles. The van der Waals surface area contributed by atoms with Crippen LogP contribution in [0.15, 0.2) is 46.7 Å². The molecule has 1 aliphatic rings. The van der Waals surface area contributed by atoms with E-state index in [1.165, 1.54) is 4.88 Å². The van der Waals surface area contributed by atoms with Crippen LogP contribution >= 0.6 is 23.1 Å². The third-order valence-corrected chi connectivity index (χ3v) is 5.66. The Hall–Kier alpha value is -1.60. The summed E-state index contributed by atoms with van der Waals surface area (Å²) in [6.07, 6.45) is 2.03. The maximum Gasteiger partial charge on any atom is 0.288 e. The lowest BCUT2D eigenvalue weighted by Crippen LogP contribution is -2.34. The van der Waals surface area contributed by atoms with Crippen LogP contribution in [-0.2, 0) is 4.79 Å². The number of carbonyl (C=O) groups is 1. The van der Waals surface area contributed by atoms with Gasteiger partial charge < -0.3 is 10.2 Å². The van der Waals surface area contributed by atoms with E-state index in [1.807, 2.05) is 16.3 Å². The van der Waals surface area contributed by atoms with Gasteiger partial charge in [-0.05, 0) is 48.6 Å². The molecule has 1 N–H and O–H groups in total. The number of thioether (sulfide) groups is 1. The number of carbonyl (C=O) groups excluding carboxylic acids is 1. The van der Waals surface area contributed by atoms with Crippen molar-refractivity contribution in [2.75, 3.05) is 18.4 Å². The third-order valence-electron chi connectivity index (χ3n) is 3.97. The first-order valence-electron chi connectivity index (χ1n) is 7.75. The molecule has 0 bridgehead atoms.